The van der Waals surface area contributed by atoms with Gasteiger partial charge in [-0.1, -0.05) is 11.6 Å². The molecule has 1 aliphatic heterocycles. The molecule has 0 atom stereocenters. The largest absolute Gasteiger partial charge is 0.350 e. The van der Waals surface area contributed by atoms with Gasteiger partial charge in [-0.05, 0) is 25.9 Å². The van der Waals surface area contributed by atoms with Crippen molar-refractivity contribution in [1.29, 1.82) is 0 Å². The Balaban J connectivity index is 1.79. The summed E-state index contributed by atoms with van der Waals surface area (Å²) in [6, 6.07) is 0. The summed E-state index contributed by atoms with van der Waals surface area (Å²) in [6.07, 6.45) is 2.71. The van der Waals surface area contributed by atoms with Crippen LogP contribution in [-0.4, -0.2) is 43.1 Å². The average Bonchev–Trinajstić information content (AvgIpc) is 2.84. The SMILES string of the molecule is CN(CCN1CCCC1)c1nc(Cl)cs1. The number of thiazole rings is 1. The Morgan fingerprint density at radius 3 is 2.87 bits per heavy atom. The van der Waals surface area contributed by atoms with Gasteiger partial charge in [0.25, 0.3) is 0 Å². The van der Waals surface area contributed by atoms with Crippen LogP contribution in [0.1, 0.15) is 12.8 Å². The molecule has 0 aromatic carbocycles. The fraction of sp³-hybridized carbons (Fsp3) is 0.700. The Morgan fingerprint density at radius 1 is 1.53 bits per heavy atom. The van der Waals surface area contributed by atoms with Crippen molar-refractivity contribution in [2.45, 2.75) is 12.8 Å². The standard InChI is InChI=1S/C10H16ClN3S/c1-13(10-12-9(11)8-15-10)6-7-14-4-2-3-5-14/h8H,2-7H2,1H3. The predicted molar refractivity (Wildman–Crippen MR) is 66.1 cm³/mol. The molecule has 0 N–H and O–H groups in total. The highest BCUT2D eigenvalue weighted by atomic mass is 35.5. The van der Waals surface area contributed by atoms with Crippen LogP contribution in [0.3, 0.4) is 0 Å². The van der Waals surface area contributed by atoms with Crippen molar-refractivity contribution in [3.63, 3.8) is 0 Å². The molecule has 0 radical (unpaired) electrons. The smallest absolute Gasteiger partial charge is 0.186 e. The molecule has 0 bridgehead atoms. The van der Waals surface area contributed by atoms with E-state index in [2.05, 4.69) is 21.8 Å². The number of anilines is 1. The molecule has 0 unspecified atom stereocenters. The van der Waals surface area contributed by atoms with Gasteiger partial charge in [0.2, 0.25) is 0 Å². The number of hydrogen-bond acceptors (Lipinski definition) is 4. The lowest BCUT2D eigenvalue weighted by Gasteiger charge is -2.20. The Bertz CT molecular complexity index is 309. The van der Waals surface area contributed by atoms with Crippen molar-refractivity contribution in [2.75, 3.05) is 38.1 Å². The van der Waals surface area contributed by atoms with Gasteiger partial charge in [-0.2, -0.15) is 0 Å². The topological polar surface area (TPSA) is 19.4 Å². The molecule has 1 saturated heterocycles. The van der Waals surface area contributed by atoms with Crippen LogP contribution in [0.2, 0.25) is 5.15 Å². The average molecular weight is 246 g/mol. The monoisotopic (exact) mass is 245 g/mol. The molecular weight excluding hydrogens is 230 g/mol. The Kier molecular flexibility index (Phi) is 3.83. The van der Waals surface area contributed by atoms with Crippen LogP contribution < -0.4 is 4.90 Å². The Hall–Kier alpha value is -0.320. The van der Waals surface area contributed by atoms with E-state index in [9.17, 15) is 0 Å². The predicted octanol–water partition coefficient (Wildman–Crippen LogP) is 2.33. The third-order valence-corrected chi connectivity index (χ3v) is 4.02. The van der Waals surface area contributed by atoms with Crippen molar-refractivity contribution in [3.8, 4) is 0 Å². The number of likely N-dealkylation sites (N-methyl/N-ethyl adjacent to an activating group) is 1. The molecule has 1 aliphatic rings. The van der Waals surface area contributed by atoms with Crippen LogP contribution in [-0.2, 0) is 0 Å². The van der Waals surface area contributed by atoms with Gasteiger partial charge in [-0.15, -0.1) is 11.3 Å². The summed E-state index contributed by atoms with van der Waals surface area (Å²) in [5, 5.41) is 3.49. The zero-order valence-electron chi connectivity index (χ0n) is 8.95. The van der Waals surface area contributed by atoms with Gasteiger partial charge in [-0.25, -0.2) is 4.98 Å². The first-order valence-corrected chi connectivity index (χ1v) is 6.56. The summed E-state index contributed by atoms with van der Waals surface area (Å²) in [7, 11) is 2.07. The molecule has 0 aliphatic carbocycles. The molecular formula is C10H16ClN3S. The lowest BCUT2D eigenvalue weighted by Crippen LogP contribution is -2.31. The minimum atomic E-state index is 0.600. The van der Waals surface area contributed by atoms with E-state index in [1.807, 2.05) is 5.38 Å². The van der Waals surface area contributed by atoms with E-state index < -0.39 is 0 Å². The lowest BCUT2D eigenvalue weighted by atomic mass is 10.4. The highest BCUT2D eigenvalue weighted by molar-refractivity contribution is 7.14. The zero-order valence-corrected chi connectivity index (χ0v) is 10.5. The molecule has 2 rings (SSSR count). The summed E-state index contributed by atoms with van der Waals surface area (Å²) in [6.45, 7) is 4.68. The highest BCUT2D eigenvalue weighted by Gasteiger charge is 2.12. The van der Waals surface area contributed by atoms with E-state index in [4.69, 9.17) is 11.6 Å². The Morgan fingerprint density at radius 2 is 2.27 bits per heavy atom. The summed E-state index contributed by atoms with van der Waals surface area (Å²) in [5.41, 5.74) is 0. The second-order valence-electron chi connectivity index (χ2n) is 3.92. The molecule has 2 heterocycles. The number of halogens is 1. The Labute approximate surface area is 99.7 Å². The lowest BCUT2D eigenvalue weighted by molar-refractivity contribution is 0.346. The highest BCUT2D eigenvalue weighted by Crippen LogP contribution is 2.22. The quantitative estimate of drug-likeness (QED) is 0.812. The molecule has 84 valence electrons. The second-order valence-corrected chi connectivity index (χ2v) is 5.15. The fourth-order valence-electron chi connectivity index (χ4n) is 1.81. The normalized spacial score (nSPS) is 17.2. The van der Waals surface area contributed by atoms with Gasteiger partial charge in [0.15, 0.2) is 5.13 Å². The van der Waals surface area contributed by atoms with Crippen molar-refractivity contribution >= 4 is 28.1 Å². The molecule has 1 aromatic rings. The van der Waals surface area contributed by atoms with Gasteiger partial charge < -0.3 is 9.80 Å². The van der Waals surface area contributed by atoms with Gasteiger partial charge in [-0.3, -0.25) is 0 Å². The summed E-state index contributed by atoms with van der Waals surface area (Å²) >= 11 is 7.40. The molecule has 5 heteroatoms. The minimum absolute atomic E-state index is 0.600. The summed E-state index contributed by atoms with van der Waals surface area (Å²) in [5.74, 6) is 0. The van der Waals surface area contributed by atoms with E-state index in [0.717, 1.165) is 18.2 Å². The maximum Gasteiger partial charge on any atom is 0.186 e. The van der Waals surface area contributed by atoms with E-state index in [1.165, 1.54) is 25.9 Å². The van der Waals surface area contributed by atoms with Crippen molar-refractivity contribution in [1.82, 2.24) is 9.88 Å². The first-order valence-electron chi connectivity index (χ1n) is 5.30. The van der Waals surface area contributed by atoms with Crippen LogP contribution in [0.25, 0.3) is 0 Å². The van der Waals surface area contributed by atoms with Gasteiger partial charge >= 0.3 is 0 Å². The molecule has 0 amide bonds. The molecule has 1 fully saturated rings. The van der Waals surface area contributed by atoms with Crippen LogP contribution in [0.15, 0.2) is 5.38 Å². The number of hydrogen-bond donors (Lipinski definition) is 0. The van der Waals surface area contributed by atoms with Gasteiger partial charge in [0.05, 0.1) is 0 Å². The van der Waals surface area contributed by atoms with E-state index >= 15 is 0 Å². The van der Waals surface area contributed by atoms with Crippen LogP contribution in [0.4, 0.5) is 5.13 Å². The molecule has 15 heavy (non-hydrogen) atoms. The van der Waals surface area contributed by atoms with Crippen molar-refractivity contribution in [3.05, 3.63) is 10.5 Å². The van der Waals surface area contributed by atoms with Crippen LogP contribution in [0, 0.1) is 0 Å². The number of rotatable bonds is 4. The zero-order chi connectivity index (χ0) is 10.7. The maximum atomic E-state index is 5.79. The second kappa shape index (κ2) is 5.14. The fourth-order valence-corrected chi connectivity index (χ4v) is 2.76. The summed E-state index contributed by atoms with van der Waals surface area (Å²) in [4.78, 5) is 8.93. The van der Waals surface area contributed by atoms with Crippen molar-refractivity contribution < 1.29 is 0 Å². The molecule has 1 aromatic heterocycles. The first kappa shape index (κ1) is 11.2. The number of aromatic nitrogens is 1. The molecule has 3 nitrogen and oxygen atoms in total. The first-order chi connectivity index (χ1) is 7.25. The van der Waals surface area contributed by atoms with Crippen LogP contribution >= 0.6 is 22.9 Å². The van der Waals surface area contributed by atoms with E-state index in [-0.39, 0.29) is 0 Å². The van der Waals surface area contributed by atoms with Crippen molar-refractivity contribution in [2.24, 2.45) is 0 Å². The van der Waals surface area contributed by atoms with Crippen LogP contribution in [0.5, 0.6) is 0 Å². The maximum absolute atomic E-state index is 5.79. The molecule has 0 spiro atoms. The summed E-state index contributed by atoms with van der Waals surface area (Å²) < 4.78 is 0. The van der Waals surface area contributed by atoms with Gasteiger partial charge in [0, 0.05) is 25.5 Å². The molecule has 0 saturated carbocycles. The van der Waals surface area contributed by atoms with Gasteiger partial charge in [0.1, 0.15) is 5.15 Å². The third kappa shape index (κ3) is 3.06. The van der Waals surface area contributed by atoms with E-state index in [1.54, 1.807) is 11.3 Å². The minimum Gasteiger partial charge on any atom is -0.350 e. The number of likely N-dealkylation sites (tertiary alicyclic amines) is 1. The van der Waals surface area contributed by atoms with E-state index in [0.29, 0.717) is 5.15 Å². The third-order valence-electron chi connectivity index (χ3n) is 2.74. The number of nitrogens with zero attached hydrogens (tertiary/aromatic N) is 3.